The van der Waals surface area contributed by atoms with Crippen LogP contribution in [0.2, 0.25) is 5.02 Å². The van der Waals surface area contributed by atoms with Gasteiger partial charge in [-0.05, 0) is 67.7 Å². The van der Waals surface area contributed by atoms with Gasteiger partial charge in [-0.25, -0.2) is 4.98 Å². The normalized spacial score (nSPS) is 28.4. The predicted molar refractivity (Wildman–Crippen MR) is 132 cm³/mol. The van der Waals surface area contributed by atoms with E-state index in [0.29, 0.717) is 22.8 Å². The summed E-state index contributed by atoms with van der Waals surface area (Å²) < 4.78 is 0. The first-order valence-electron chi connectivity index (χ1n) is 10.7. The average molecular weight is 495 g/mol. The predicted octanol–water partition coefficient (Wildman–Crippen LogP) is 4.52. The molecule has 6 nitrogen and oxygen atoms in total. The molecule has 1 aromatic heterocycles. The van der Waals surface area contributed by atoms with Gasteiger partial charge in [0.2, 0.25) is 5.91 Å². The maximum atomic E-state index is 13.3. The monoisotopic (exact) mass is 493 g/mol. The van der Waals surface area contributed by atoms with E-state index in [4.69, 9.17) is 16.6 Å². The van der Waals surface area contributed by atoms with E-state index >= 15 is 0 Å². The second-order valence-corrected chi connectivity index (χ2v) is 9.16. The van der Waals surface area contributed by atoms with Gasteiger partial charge in [0.15, 0.2) is 0 Å². The largest absolute Gasteiger partial charge is 0.341 e. The Morgan fingerprint density at radius 1 is 1.09 bits per heavy atom. The molecule has 3 aromatic rings. The number of para-hydroxylation sites is 2. The average Bonchev–Trinajstić information content (AvgIpc) is 3.19. The summed E-state index contributed by atoms with van der Waals surface area (Å²) in [5.74, 6) is 0.860. The number of aromatic nitrogens is 2. The highest BCUT2D eigenvalue weighted by molar-refractivity contribution is 6.30. The van der Waals surface area contributed by atoms with Crippen molar-refractivity contribution in [2.45, 2.75) is 30.8 Å². The van der Waals surface area contributed by atoms with Crippen molar-refractivity contribution in [1.82, 2.24) is 20.2 Å². The molecular weight excluding hydrogens is 469 g/mol. The summed E-state index contributed by atoms with van der Waals surface area (Å²) in [4.78, 5) is 24.0. The lowest BCUT2D eigenvalue weighted by molar-refractivity contribution is -0.119. The van der Waals surface area contributed by atoms with Crippen LogP contribution in [-0.2, 0) is 4.79 Å². The molecule has 3 atom stereocenters. The van der Waals surface area contributed by atoms with E-state index in [2.05, 4.69) is 20.5 Å². The van der Waals surface area contributed by atoms with Gasteiger partial charge in [-0.15, -0.1) is 24.8 Å². The van der Waals surface area contributed by atoms with Crippen molar-refractivity contribution in [3.63, 3.8) is 0 Å². The molecule has 0 spiro atoms. The van der Waals surface area contributed by atoms with Crippen LogP contribution < -0.4 is 10.6 Å². The highest BCUT2D eigenvalue weighted by atomic mass is 35.5. The number of benzene rings is 2. The fraction of sp³-hybridized carbons (Fsp3) is 0.391. The summed E-state index contributed by atoms with van der Waals surface area (Å²) in [5, 5.41) is 7.62. The van der Waals surface area contributed by atoms with E-state index in [-0.39, 0.29) is 36.8 Å². The number of aromatic amines is 1. The minimum absolute atomic E-state index is 0. The molecular formula is C23H26Cl3N5O. The number of hydrogen-bond acceptors (Lipinski definition) is 4. The van der Waals surface area contributed by atoms with Crippen molar-refractivity contribution in [1.29, 1.82) is 0 Å². The van der Waals surface area contributed by atoms with E-state index in [1.54, 1.807) is 0 Å². The fourth-order valence-electron chi connectivity index (χ4n) is 5.42. The first kappa shape index (κ1) is 23.3. The molecule has 4 aliphatic rings. The van der Waals surface area contributed by atoms with Crippen molar-refractivity contribution in [2.75, 3.05) is 25.0 Å². The maximum Gasteiger partial charge on any atom is 0.237 e. The molecule has 0 aliphatic carbocycles. The van der Waals surface area contributed by atoms with Gasteiger partial charge in [-0.3, -0.25) is 4.79 Å². The van der Waals surface area contributed by atoms with Gasteiger partial charge >= 0.3 is 0 Å². The number of carbonyl (C=O) groups excluding carboxylic acids is 1. The van der Waals surface area contributed by atoms with Crippen LogP contribution in [-0.4, -0.2) is 46.5 Å². The molecule has 5 heterocycles. The van der Waals surface area contributed by atoms with Crippen LogP contribution in [0.4, 0.5) is 5.69 Å². The molecule has 0 radical (unpaired) electrons. The lowest BCUT2D eigenvalue weighted by Crippen LogP contribution is -2.58. The molecule has 3 N–H and O–H groups in total. The van der Waals surface area contributed by atoms with Crippen LogP contribution in [0.1, 0.15) is 36.2 Å². The Labute approximate surface area is 204 Å². The summed E-state index contributed by atoms with van der Waals surface area (Å²) >= 11 is 6.37. The Kier molecular flexibility index (Phi) is 6.71. The molecule has 7 rings (SSSR count). The summed E-state index contributed by atoms with van der Waals surface area (Å²) in [6.07, 6.45) is 2.43. The van der Waals surface area contributed by atoms with Crippen molar-refractivity contribution in [3.8, 4) is 0 Å². The van der Waals surface area contributed by atoms with Crippen LogP contribution in [0, 0.1) is 5.92 Å². The SMILES string of the molecule is Cl.Cl.O=C1Nc2ccc(Cl)cc2C(N[C@@H]2CN3CCC2CC3)C1c1nc2ccccc2[nH]1. The molecule has 4 aliphatic heterocycles. The van der Waals surface area contributed by atoms with Gasteiger partial charge in [0.1, 0.15) is 11.7 Å². The van der Waals surface area contributed by atoms with Crippen molar-refractivity contribution < 1.29 is 4.79 Å². The number of halogens is 3. The number of piperidine rings is 3. The second kappa shape index (κ2) is 9.20. The minimum Gasteiger partial charge on any atom is -0.341 e. The van der Waals surface area contributed by atoms with Gasteiger partial charge < -0.3 is 20.5 Å². The summed E-state index contributed by atoms with van der Waals surface area (Å²) in [6, 6.07) is 13.8. The smallest absolute Gasteiger partial charge is 0.237 e. The number of nitrogens with one attached hydrogen (secondary N) is 3. The summed E-state index contributed by atoms with van der Waals surface area (Å²) in [5.41, 5.74) is 3.68. The minimum atomic E-state index is -0.446. The molecule has 1 amide bonds. The van der Waals surface area contributed by atoms with Crippen molar-refractivity contribution in [3.05, 3.63) is 58.9 Å². The van der Waals surface area contributed by atoms with E-state index in [0.717, 1.165) is 28.8 Å². The number of imidazole rings is 1. The Balaban J connectivity index is 0.00000122. The van der Waals surface area contributed by atoms with Crippen LogP contribution in [0.5, 0.6) is 0 Å². The number of fused-ring (bicyclic) bond motifs is 5. The number of hydrogen-bond donors (Lipinski definition) is 3. The number of rotatable bonds is 3. The quantitative estimate of drug-likeness (QED) is 0.500. The highest BCUT2D eigenvalue weighted by Crippen LogP contribution is 2.42. The third-order valence-electron chi connectivity index (χ3n) is 6.97. The lowest BCUT2D eigenvalue weighted by Gasteiger charge is -2.47. The first-order valence-corrected chi connectivity index (χ1v) is 11.1. The lowest BCUT2D eigenvalue weighted by atomic mass is 9.81. The molecule has 32 heavy (non-hydrogen) atoms. The topological polar surface area (TPSA) is 73.1 Å². The number of anilines is 1. The van der Waals surface area contributed by atoms with Gasteiger partial charge in [-0.2, -0.15) is 0 Å². The van der Waals surface area contributed by atoms with E-state index < -0.39 is 5.92 Å². The van der Waals surface area contributed by atoms with E-state index in [9.17, 15) is 4.79 Å². The van der Waals surface area contributed by atoms with E-state index in [1.807, 2.05) is 42.5 Å². The van der Waals surface area contributed by atoms with Crippen LogP contribution in [0.3, 0.4) is 0 Å². The van der Waals surface area contributed by atoms with E-state index in [1.165, 1.54) is 25.9 Å². The highest BCUT2D eigenvalue weighted by Gasteiger charge is 2.43. The summed E-state index contributed by atoms with van der Waals surface area (Å²) in [7, 11) is 0. The molecule has 2 aromatic carbocycles. The third kappa shape index (κ3) is 3.99. The van der Waals surface area contributed by atoms with Crippen molar-refractivity contribution in [2.24, 2.45) is 5.92 Å². The Morgan fingerprint density at radius 2 is 1.88 bits per heavy atom. The molecule has 2 bridgehead atoms. The third-order valence-corrected chi connectivity index (χ3v) is 7.21. The molecule has 170 valence electrons. The zero-order chi connectivity index (χ0) is 20.2. The molecule has 9 heteroatoms. The number of H-pyrrole nitrogens is 1. The second-order valence-electron chi connectivity index (χ2n) is 8.73. The molecule has 2 unspecified atom stereocenters. The van der Waals surface area contributed by atoms with Gasteiger partial charge in [-0.1, -0.05) is 23.7 Å². The van der Waals surface area contributed by atoms with Crippen LogP contribution >= 0.6 is 36.4 Å². The number of nitrogens with zero attached hydrogens (tertiary/aromatic N) is 2. The number of amides is 1. The van der Waals surface area contributed by atoms with Gasteiger partial charge in [0.25, 0.3) is 0 Å². The molecule has 3 fully saturated rings. The maximum absolute atomic E-state index is 13.3. The summed E-state index contributed by atoms with van der Waals surface area (Å²) in [6.45, 7) is 3.40. The standard InChI is InChI=1S/C23H24ClN5O.2ClH/c24-14-5-6-16-15(11-14)21(25-19-12-29-9-7-13(19)8-10-29)20(23(30)28-16)22-26-17-3-1-2-4-18(17)27-22;;/h1-6,11,13,19-21,25H,7-10,12H2,(H,26,27)(H,28,30);2*1H/t19-,20?,21?;;/m1../s1. The first-order chi connectivity index (χ1) is 14.7. The van der Waals surface area contributed by atoms with Crippen LogP contribution in [0.25, 0.3) is 11.0 Å². The Bertz CT molecular complexity index is 1090. The Hall–Kier alpha value is -1.83. The number of carbonyl (C=O) groups is 1. The van der Waals surface area contributed by atoms with Gasteiger partial charge in [0.05, 0.1) is 17.1 Å². The fourth-order valence-corrected chi connectivity index (χ4v) is 5.60. The molecule has 0 saturated carbocycles. The van der Waals surface area contributed by atoms with Crippen LogP contribution in [0.15, 0.2) is 42.5 Å². The molecule has 3 saturated heterocycles. The van der Waals surface area contributed by atoms with Crippen molar-refractivity contribution >= 4 is 59.0 Å². The zero-order valence-electron chi connectivity index (χ0n) is 17.4. The van der Waals surface area contributed by atoms with Gasteiger partial charge in [0, 0.05) is 23.3 Å². The Morgan fingerprint density at radius 3 is 2.59 bits per heavy atom. The zero-order valence-corrected chi connectivity index (χ0v) is 19.8.